The van der Waals surface area contributed by atoms with Crippen molar-refractivity contribution >= 4 is 58.9 Å². The van der Waals surface area contributed by atoms with Gasteiger partial charge < -0.3 is 83.3 Å². The van der Waals surface area contributed by atoms with E-state index in [0.29, 0.717) is 156 Å². The number of piperidine rings is 1. The summed E-state index contributed by atoms with van der Waals surface area (Å²) in [5, 5.41) is 12.0. The van der Waals surface area contributed by atoms with Gasteiger partial charge in [-0.05, 0) is 86.0 Å². The van der Waals surface area contributed by atoms with Crippen LogP contribution in [-0.2, 0) is 103 Å². The maximum atomic E-state index is 14.9. The number of methoxy groups -OCH3 is 3. The number of unbranched alkanes of at least 4 members (excludes halogenated alkanes) is 2. The molecule has 3 fully saturated rings. The maximum Gasteiger partial charge on any atom is 0.253 e. The van der Waals surface area contributed by atoms with Crippen LogP contribution in [0, 0.1) is 23.7 Å². The number of amides is 9. The lowest BCUT2D eigenvalue weighted by molar-refractivity contribution is -0.149. The minimum absolute atomic E-state index is 0.0451. The zero-order valence-electron chi connectivity index (χ0n) is 61.7. The molecule has 6 rings (SSSR count). The summed E-state index contributed by atoms with van der Waals surface area (Å²) >= 11 is 0. The zero-order valence-corrected chi connectivity index (χ0v) is 61.7. The molecule has 2 aromatic carbocycles. The summed E-state index contributed by atoms with van der Waals surface area (Å²) < 4.78 is 56.1. The van der Waals surface area contributed by atoms with Crippen molar-refractivity contribution in [3.05, 3.63) is 77.9 Å². The number of imide groups is 1. The predicted octanol–water partition coefficient (Wildman–Crippen LogP) is 5.05. The molecule has 3 heterocycles. The van der Waals surface area contributed by atoms with Gasteiger partial charge >= 0.3 is 0 Å². The van der Waals surface area contributed by atoms with Gasteiger partial charge in [0, 0.05) is 84.7 Å². The zero-order chi connectivity index (χ0) is 73.8. The number of likely N-dealkylation sites (tertiary alicyclic amines) is 2. The van der Waals surface area contributed by atoms with Crippen molar-refractivity contribution in [3.63, 3.8) is 0 Å². The average Bonchev–Trinajstić information content (AvgIpc) is 1.60. The van der Waals surface area contributed by atoms with E-state index in [-0.39, 0.29) is 104 Å². The fourth-order valence-electron chi connectivity index (χ4n) is 13.8. The van der Waals surface area contributed by atoms with E-state index in [9.17, 15) is 43.2 Å². The van der Waals surface area contributed by atoms with Crippen LogP contribution in [0.5, 0.6) is 0 Å². The molecule has 27 heteroatoms. The summed E-state index contributed by atoms with van der Waals surface area (Å²) in [5.41, 5.74) is 2.11. The molecule has 102 heavy (non-hydrogen) atoms. The largest absolute Gasteiger partial charge is 0.382 e. The summed E-state index contributed by atoms with van der Waals surface area (Å²) in [6.07, 6.45) is 7.49. The second kappa shape index (κ2) is 46.1. The Balaban J connectivity index is 0.948. The Bertz CT molecular complexity index is 2910. The Morgan fingerprint density at radius 2 is 1.22 bits per heavy atom. The van der Waals surface area contributed by atoms with Crippen LogP contribution in [0.25, 0.3) is 0 Å². The number of carbonyl (C=O) groups is 9. The third-order valence-corrected chi connectivity index (χ3v) is 19.6. The second-order valence-electron chi connectivity index (χ2n) is 27.0. The van der Waals surface area contributed by atoms with Gasteiger partial charge in [-0.3, -0.25) is 48.1 Å². The lowest BCUT2D eigenvalue weighted by Crippen LogP contribution is -2.60. The molecule has 0 radical (unpaired) electrons. The molecule has 4 aliphatic rings. The third kappa shape index (κ3) is 27.0. The van der Waals surface area contributed by atoms with Crippen LogP contribution in [0.1, 0.15) is 123 Å². The number of hydrogen-bond acceptors (Lipinski definition) is 19. The van der Waals surface area contributed by atoms with Crippen LogP contribution < -0.4 is 21.3 Å². The molecular weight excluding hydrogens is 1320 g/mol. The van der Waals surface area contributed by atoms with E-state index in [4.69, 9.17) is 47.4 Å². The smallest absolute Gasteiger partial charge is 0.253 e. The molecule has 11 atom stereocenters. The number of benzene rings is 2. The van der Waals surface area contributed by atoms with Crippen LogP contribution in [0.3, 0.4) is 0 Å². The van der Waals surface area contributed by atoms with Gasteiger partial charge in [0.1, 0.15) is 18.1 Å². The summed E-state index contributed by atoms with van der Waals surface area (Å²) in [7, 11) is 6.36. The van der Waals surface area contributed by atoms with Gasteiger partial charge in [-0.1, -0.05) is 89.9 Å². The van der Waals surface area contributed by atoms with E-state index in [0.717, 1.165) is 24.0 Å². The molecule has 27 nitrogen and oxygen atoms in total. The minimum atomic E-state index is -1.00. The molecule has 0 spiro atoms. The first-order valence-corrected chi connectivity index (χ1v) is 36.6. The van der Waals surface area contributed by atoms with Crippen LogP contribution >= 0.6 is 0 Å². The molecule has 2 saturated heterocycles. The lowest BCUT2D eigenvalue weighted by Gasteiger charge is -2.41. The van der Waals surface area contributed by atoms with Crippen LogP contribution in [0.4, 0.5) is 5.69 Å². The summed E-state index contributed by atoms with van der Waals surface area (Å²) in [4.78, 5) is 129. The molecule has 0 unspecified atom stereocenters. The number of carbonyl (C=O) groups excluding carboxylic acids is 9. The van der Waals surface area contributed by atoms with E-state index in [1.165, 1.54) is 31.3 Å². The van der Waals surface area contributed by atoms with E-state index in [2.05, 4.69) is 21.3 Å². The molecule has 4 N–H and O–H groups in total. The molecule has 0 aromatic heterocycles. The van der Waals surface area contributed by atoms with E-state index in [1.807, 2.05) is 58.0 Å². The molecule has 9 amide bonds. The fourth-order valence-corrected chi connectivity index (χ4v) is 13.8. The highest BCUT2D eigenvalue weighted by atomic mass is 16.6. The number of nitrogens with zero attached hydrogens (tertiary/aromatic N) is 4. The van der Waals surface area contributed by atoms with Gasteiger partial charge in [-0.15, -0.1) is 0 Å². The van der Waals surface area contributed by atoms with Gasteiger partial charge in [-0.2, -0.15) is 0 Å². The normalized spacial score (nSPS) is 19.2. The molecule has 3 aliphatic heterocycles. The quantitative estimate of drug-likeness (QED) is 0.0498. The first-order chi connectivity index (χ1) is 49.3. The van der Waals surface area contributed by atoms with Crippen LogP contribution in [-0.4, -0.2) is 262 Å². The predicted molar refractivity (Wildman–Crippen MR) is 380 cm³/mol. The van der Waals surface area contributed by atoms with Crippen molar-refractivity contribution in [2.45, 2.75) is 173 Å². The highest BCUT2D eigenvalue weighted by Crippen LogP contribution is 2.43. The Labute approximate surface area is 603 Å². The Morgan fingerprint density at radius 3 is 1.77 bits per heavy atom. The van der Waals surface area contributed by atoms with Crippen LogP contribution in [0.15, 0.2) is 66.7 Å². The van der Waals surface area contributed by atoms with Crippen molar-refractivity contribution in [1.82, 2.24) is 35.6 Å². The Hall–Kier alpha value is -6.79. The average molecular weight is 1430 g/mol. The fraction of sp³-hybridized carbons (Fsp3) is 0.693. The summed E-state index contributed by atoms with van der Waals surface area (Å²) in [5.74, 6) is -4.14. The number of likely N-dealkylation sites (N-methyl/N-ethyl adjacent to an activating group) is 1. The Morgan fingerprint density at radius 1 is 0.627 bits per heavy atom. The van der Waals surface area contributed by atoms with Gasteiger partial charge in [-0.25, -0.2) is 0 Å². The molecule has 1 aliphatic carbocycles. The van der Waals surface area contributed by atoms with E-state index < -0.39 is 60.1 Å². The highest BCUT2D eigenvalue weighted by Gasteiger charge is 2.52. The van der Waals surface area contributed by atoms with Gasteiger partial charge in [0.25, 0.3) is 11.8 Å². The minimum Gasteiger partial charge on any atom is -0.382 e. The van der Waals surface area contributed by atoms with Crippen molar-refractivity contribution in [3.8, 4) is 0 Å². The summed E-state index contributed by atoms with van der Waals surface area (Å²) in [6, 6.07) is 12.5. The molecular formula is C75H116N8O19. The number of anilines is 1. The molecule has 1 saturated carbocycles. The topological polar surface area (TPSA) is 307 Å². The van der Waals surface area contributed by atoms with Crippen molar-refractivity contribution < 1.29 is 90.5 Å². The number of ether oxygens (including phenoxy) is 10. The highest BCUT2D eigenvalue weighted by molar-refractivity contribution is 6.12. The number of hydrogen-bond donors (Lipinski definition) is 4. The Kier molecular flexibility index (Phi) is 38.1. The van der Waals surface area contributed by atoms with E-state index >= 15 is 0 Å². The first-order valence-electron chi connectivity index (χ1n) is 36.6. The van der Waals surface area contributed by atoms with Gasteiger partial charge in [0.05, 0.1) is 142 Å². The van der Waals surface area contributed by atoms with Crippen molar-refractivity contribution in [2.24, 2.45) is 23.7 Å². The monoisotopic (exact) mass is 1430 g/mol. The number of rotatable bonds is 52. The lowest BCUT2D eigenvalue weighted by atomic mass is 9.89. The second-order valence-corrected chi connectivity index (χ2v) is 27.0. The van der Waals surface area contributed by atoms with Crippen molar-refractivity contribution in [2.75, 3.05) is 146 Å². The molecule has 2 bridgehead atoms. The first kappa shape index (κ1) is 84.2. The SMILES string of the molecule is CC[C@H](C)[C@@H]([C@@H](CC(=O)N1CCC[C@H]1[C@H](OC)[C@@H](C)C(=O)N[C@@H](Cc1ccccc1)C(=O)Nc1ccc(CNC(=O)CCCCCN2C(=O)C=CC2=O)cc1)OC)N(C)C(=O)[C@@H](NC(=O)[C@@H]1[C@H]2CC[C@@H](C2)N1C(=O)CCOCCOCCOCCOCCOCCOCCOCCOC)C(C)C. The van der Waals surface area contributed by atoms with Gasteiger partial charge in [0.15, 0.2) is 0 Å². The van der Waals surface area contributed by atoms with Crippen molar-refractivity contribution in [1.29, 1.82) is 0 Å². The number of nitrogens with one attached hydrogen (secondary N) is 4. The van der Waals surface area contributed by atoms with E-state index in [1.54, 1.807) is 60.0 Å². The summed E-state index contributed by atoms with van der Waals surface area (Å²) in [6.45, 7) is 16.8. The van der Waals surface area contributed by atoms with Crippen LogP contribution in [0.2, 0.25) is 0 Å². The molecule has 2 aromatic rings. The third-order valence-electron chi connectivity index (χ3n) is 19.6. The van der Waals surface area contributed by atoms with Gasteiger partial charge in [0.2, 0.25) is 41.4 Å². The number of fused-ring (bicyclic) bond motifs is 2. The maximum absolute atomic E-state index is 14.9. The molecule has 570 valence electrons. The standard InChI is InChI=1S/C75H116N8O19/c1-10-53(4)69(80(6)75(92)68(52(2)3)79-74(91)70-57-24-27-59(49-57)83(70)66(87)30-33-96-36-37-98-40-41-100-44-45-102-47-46-101-43-42-99-39-38-97-35-34-93-7)62(94-8)50-67(88)81-32-17-20-61(81)71(95-9)54(5)72(89)78-60(48-55-18-13-11-14-19-55)73(90)77-58-25-22-56(23-26-58)51-76-63(84)21-15-12-16-31-82-64(85)28-29-65(82)86/h11,13-14,18-19,22-23,25-26,28-29,52-54,57,59-62,68-71H,10,12,15-17,20-21,24,27,30-51H2,1-9H3,(H,76,84)(H,77,90)(H,78,89)(H,79,91)/t53-,54+,57-,59-,60-,61-,62+,68-,69-,70-,71+/m0/s1.